The Morgan fingerprint density at radius 3 is 2.74 bits per heavy atom. The Morgan fingerprint density at radius 1 is 1.26 bits per heavy atom. The van der Waals surface area contributed by atoms with E-state index >= 15 is 0 Å². The number of hydrogen-bond donors (Lipinski definition) is 1. The van der Waals surface area contributed by atoms with Crippen molar-refractivity contribution in [1.82, 2.24) is 0 Å². The number of ether oxygens (including phenoxy) is 3. The average Bonchev–Trinajstić information content (AvgIpc) is 2.91. The van der Waals surface area contributed by atoms with Crippen LogP contribution in [0, 0.1) is 0 Å². The predicted octanol–water partition coefficient (Wildman–Crippen LogP) is 4.66. The van der Waals surface area contributed by atoms with Crippen LogP contribution >= 0.6 is 11.6 Å². The van der Waals surface area contributed by atoms with Gasteiger partial charge in [0.1, 0.15) is 18.0 Å². The van der Waals surface area contributed by atoms with Gasteiger partial charge in [0.15, 0.2) is 11.5 Å². The van der Waals surface area contributed by atoms with Crippen molar-refractivity contribution in [2.75, 3.05) is 7.11 Å². The third-order valence-electron chi connectivity index (χ3n) is 4.44. The lowest BCUT2D eigenvalue weighted by atomic mass is 10.0. The van der Waals surface area contributed by atoms with Gasteiger partial charge in [-0.05, 0) is 55.7 Å². The lowest BCUT2D eigenvalue weighted by Crippen LogP contribution is -2.25. The van der Waals surface area contributed by atoms with Gasteiger partial charge in [0.05, 0.1) is 7.11 Å². The molecule has 0 saturated carbocycles. The highest BCUT2D eigenvalue weighted by Gasteiger charge is 2.32. The molecule has 0 radical (unpaired) electrons. The second-order valence-corrected chi connectivity index (χ2v) is 7.70. The zero-order chi connectivity index (χ0) is 19.6. The van der Waals surface area contributed by atoms with E-state index < -0.39 is 5.97 Å². The van der Waals surface area contributed by atoms with E-state index in [1.54, 1.807) is 19.2 Å². The number of rotatable bonds is 7. The van der Waals surface area contributed by atoms with E-state index in [1.807, 2.05) is 32.0 Å². The Labute approximate surface area is 163 Å². The topological polar surface area (TPSA) is 65.0 Å². The van der Waals surface area contributed by atoms with E-state index in [9.17, 15) is 4.79 Å². The summed E-state index contributed by atoms with van der Waals surface area (Å²) in [7, 11) is 1.56. The Balaban J connectivity index is 1.77. The first-order valence-corrected chi connectivity index (χ1v) is 9.17. The number of carbonyl (C=O) groups is 1. The van der Waals surface area contributed by atoms with E-state index in [0.29, 0.717) is 29.5 Å². The fourth-order valence-corrected chi connectivity index (χ4v) is 3.51. The summed E-state index contributed by atoms with van der Waals surface area (Å²) in [5.41, 5.74) is 2.60. The molecule has 0 spiro atoms. The first-order chi connectivity index (χ1) is 12.8. The van der Waals surface area contributed by atoms with Crippen molar-refractivity contribution in [1.29, 1.82) is 0 Å². The molecule has 1 N–H and O–H groups in total. The van der Waals surface area contributed by atoms with Crippen LogP contribution < -0.4 is 14.2 Å². The first-order valence-electron chi connectivity index (χ1n) is 8.79. The maximum absolute atomic E-state index is 10.7. The van der Waals surface area contributed by atoms with Gasteiger partial charge in [-0.25, -0.2) is 0 Å². The third-order valence-corrected chi connectivity index (χ3v) is 4.66. The molecular weight excluding hydrogens is 368 g/mol. The van der Waals surface area contributed by atoms with Crippen LogP contribution in [-0.4, -0.2) is 23.8 Å². The molecule has 144 valence electrons. The van der Waals surface area contributed by atoms with Gasteiger partial charge in [0, 0.05) is 23.4 Å². The van der Waals surface area contributed by atoms with Crippen LogP contribution in [-0.2, 0) is 24.2 Å². The summed E-state index contributed by atoms with van der Waals surface area (Å²) in [5.74, 6) is 1.16. The molecule has 0 amide bonds. The van der Waals surface area contributed by atoms with Crippen LogP contribution in [0.1, 0.15) is 37.0 Å². The van der Waals surface area contributed by atoms with Crippen LogP contribution in [0.15, 0.2) is 30.3 Å². The number of halogens is 1. The molecule has 0 saturated heterocycles. The molecule has 1 aliphatic heterocycles. The van der Waals surface area contributed by atoms with E-state index in [0.717, 1.165) is 28.9 Å². The van der Waals surface area contributed by atoms with Gasteiger partial charge < -0.3 is 19.3 Å². The molecule has 0 bridgehead atoms. The normalized spacial score (nSPS) is 14.4. The van der Waals surface area contributed by atoms with Gasteiger partial charge in [-0.3, -0.25) is 4.79 Å². The van der Waals surface area contributed by atoms with Crippen LogP contribution in [0.3, 0.4) is 0 Å². The highest BCUT2D eigenvalue weighted by molar-refractivity contribution is 6.30. The minimum absolute atomic E-state index is 0.0745. The van der Waals surface area contributed by atoms with Crippen LogP contribution in [0.25, 0.3) is 0 Å². The first kappa shape index (κ1) is 19.4. The summed E-state index contributed by atoms with van der Waals surface area (Å²) in [4.78, 5) is 10.7. The highest BCUT2D eigenvalue weighted by Crippen LogP contribution is 2.40. The van der Waals surface area contributed by atoms with Crippen LogP contribution in [0.5, 0.6) is 17.2 Å². The lowest BCUT2D eigenvalue weighted by molar-refractivity contribution is -0.136. The highest BCUT2D eigenvalue weighted by atomic mass is 35.5. The fourth-order valence-electron chi connectivity index (χ4n) is 3.25. The monoisotopic (exact) mass is 390 g/mol. The molecule has 6 heteroatoms. The summed E-state index contributed by atoms with van der Waals surface area (Å²) in [6.45, 7) is 4.39. The minimum atomic E-state index is -0.827. The molecule has 1 heterocycles. The summed E-state index contributed by atoms with van der Waals surface area (Å²) in [6.07, 6.45) is 1.32. The molecular formula is C21H23ClO5. The summed E-state index contributed by atoms with van der Waals surface area (Å²) >= 11 is 6.26. The van der Waals surface area contributed by atoms with E-state index in [1.165, 1.54) is 0 Å². The number of benzene rings is 2. The van der Waals surface area contributed by atoms with E-state index in [-0.39, 0.29) is 12.0 Å². The lowest BCUT2D eigenvalue weighted by Gasteiger charge is -2.18. The summed E-state index contributed by atoms with van der Waals surface area (Å²) < 4.78 is 17.4. The molecule has 0 fully saturated rings. The molecule has 27 heavy (non-hydrogen) atoms. The van der Waals surface area contributed by atoms with Gasteiger partial charge in [-0.15, -0.1) is 0 Å². The third kappa shape index (κ3) is 4.66. The minimum Gasteiger partial charge on any atom is -0.493 e. The van der Waals surface area contributed by atoms with Crippen LogP contribution in [0.2, 0.25) is 5.02 Å². The van der Waals surface area contributed by atoms with Gasteiger partial charge in [-0.1, -0.05) is 17.7 Å². The van der Waals surface area contributed by atoms with Gasteiger partial charge >= 0.3 is 5.97 Å². The molecule has 0 aromatic heterocycles. The van der Waals surface area contributed by atoms with Gasteiger partial charge in [0.25, 0.3) is 0 Å². The fraction of sp³-hybridized carbons (Fsp3) is 0.381. The summed E-state index contributed by atoms with van der Waals surface area (Å²) in [6, 6.07) is 9.25. The maximum atomic E-state index is 10.7. The molecule has 5 nitrogen and oxygen atoms in total. The molecule has 0 atom stereocenters. The standard InChI is InChI=1S/C21H23ClO5/c1-21(2)11-14-9-16(22)10-15(20(14)27-21)12-26-17-6-4-13(5-7-19(23)24)8-18(17)25-3/h4,6,8-10H,5,7,11-12H2,1-3H3,(H,23,24). The number of aliphatic carboxylic acids is 1. The van der Waals surface area contributed by atoms with Crippen molar-refractivity contribution >= 4 is 17.6 Å². The van der Waals surface area contributed by atoms with Crippen molar-refractivity contribution in [3.63, 3.8) is 0 Å². The zero-order valence-corrected chi connectivity index (χ0v) is 16.4. The Morgan fingerprint density at radius 2 is 2.04 bits per heavy atom. The number of methoxy groups -OCH3 is 1. The molecule has 0 aliphatic carbocycles. The summed E-state index contributed by atoms with van der Waals surface area (Å²) in [5, 5.41) is 9.48. The number of hydrogen-bond acceptors (Lipinski definition) is 4. The molecule has 1 aliphatic rings. The van der Waals surface area contributed by atoms with Gasteiger partial charge in [0.2, 0.25) is 0 Å². The Bertz CT molecular complexity index is 860. The predicted molar refractivity (Wildman–Crippen MR) is 103 cm³/mol. The zero-order valence-electron chi connectivity index (χ0n) is 15.7. The second kappa shape index (κ2) is 7.69. The Hall–Kier alpha value is -2.40. The Kier molecular flexibility index (Phi) is 5.51. The van der Waals surface area contributed by atoms with Crippen LogP contribution in [0.4, 0.5) is 0 Å². The number of carboxylic acid groups (broad SMARTS) is 1. The SMILES string of the molecule is COc1cc(CCC(=O)O)ccc1OCc1cc(Cl)cc2c1OC(C)(C)C2. The van der Waals surface area contributed by atoms with Crippen molar-refractivity contribution in [3.05, 3.63) is 52.0 Å². The number of fused-ring (bicyclic) bond motifs is 1. The van der Waals surface area contributed by atoms with Gasteiger partial charge in [-0.2, -0.15) is 0 Å². The molecule has 3 rings (SSSR count). The average molecular weight is 391 g/mol. The molecule has 2 aromatic rings. The van der Waals surface area contributed by atoms with E-state index in [2.05, 4.69) is 0 Å². The second-order valence-electron chi connectivity index (χ2n) is 7.26. The quantitative estimate of drug-likeness (QED) is 0.744. The van der Waals surface area contributed by atoms with E-state index in [4.69, 9.17) is 30.9 Å². The van der Waals surface area contributed by atoms with Crippen molar-refractivity contribution in [2.24, 2.45) is 0 Å². The molecule has 2 aromatic carbocycles. The molecule has 0 unspecified atom stereocenters. The van der Waals surface area contributed by atoms with Crippen molar-refractivity contribution in [2.45, 2.75) is 45.3 Å². The van der Waals surface area contributed by atoms with Crippen molar-refractivity contribution < 1.29 is 24.1 Å². The maximum Gasteiger partial charge on any atom is 0.303 e. The largest absolute Gasteiger partial charge is 0.493 e. The number of aryl methyl sites for hydroxylation is 1. The number of carboxylic acids is 1. The smallest absolute Gasteiger partial charge is 0.303 e. The van der Waals surface area contributed by atoms with Crippen molar-refractivity contribution in [3.8, 4) is 17.2 Å².